The van der Waals surface area contributed by atoms with Crippen LogP contribution in [0.1, 0.15) is 220 Å². The predicted octanol–water partition coefficient (Wildman–Crippen LogP) is 17.3. The Balaban J connectivity index is 0.000000187. The molecule has 10 rings (SSSR count). The van der Waals surface area contributed by atoms with Crippen molar-refractivity contribution >= 4 is 72.9 Å². The van der Waals surface area contributed by atoms with Crippen molar-refractivity contribution in [1.82, 2.24) is 0 Å². The molecule has 6 unspecified atom stereocenters. The predicted molar refractivity (Wildman–Crippen MR) is 355 cm³/mol. The van der Waals surface area contributed by atoms with E-state index in [1.807, 2.05) is 27.7 Å². The van der Waals surface area contributed by atoms with E-state index >= 15 is 0 Å². The molecule has 0 radical (unpaired) electrons. The third kappa shape index (κ3) is 18.8. The molecule has 468 valence electrons. The number of unbranched alkanes of at least 4 members (excludes halogenated alkanes) is 18. The number of hydrogen-bond donors (Lipinski definition) is 1. The van der Waals surface area contributed by atoms with Gasteiger partial charge in [-0.25, -0.2) is 8.42 Å². The molecular weight excluding hydrogens is 1200 g/mol. The maximum atomic E-state index is 11.9. The van der Waals surface area contributed by atoms with Gasteiger partial charge >= 0.3 is 0 Å². The van der Waals surface area contributed by atoms with Crippen LogP contribution in [0.4, 0.5) is 0 Å². The number of aryl methyl sites for hydroxylation is 2. The molecule has 6 atom stereocenters. The van der Waals surface area contributed by atoms with Gasteiger partial charge in [0.25, 0.3) is 10.1 Å². The first-order valence-electron chi connectivity index (χ1n) is 32.3. The first-order valence-corrected chi connectivity index (χ1v) is 38.0. The molecule has 4 bridgehead atoms. The fraction of sp³-hybridized carbons (Fsp3) is 0.583. The van der Waals surface area contributed by atoms with E-state index in [4.69, 9.17) is 4.55 Å². The van der Waals surface area contributed by atoms with Crippen molar-refractivity contribution in [2.24, 2.45) is 33.5 Å². The smallest absolute Gasteiger partial charge is 0.265 e. The molecule has 0 spiro atoms. The standard InChI is InChI=1S/2C26H35S.2C10H16O4S.BrH/c2*1-2-3-4-5-6-7-8-9-10-11-14-23-17-19-25(20-18-23)27-22-21-24-15-12-13-16-26(24)27;2*1-9(2)7-3-4-10(9,8(11)5-7)6-15(12,13)14;/h2*12-13,15-22H,2-11,14H2,1H3;2*7H,3-6H2,1-2H3,(H,12,13,14);1H/q2*+1;;;/p-2. The molecule has 2 heterocycles. The lowest BCUT2D eigenvalue weighted by molar-refractivity contribution is -0.128. The van der Waals surface area contributed by atoms with Gasteiger partial charge in [0, 0.05) is 62.1 Å². The Morgan fingerprint density at radius 1 is 0.471 bits per heavy atom. The summed E-state index contributed by atoms with van der Waals surface area (Å²) in [7, 11) is -8.14. The number of carbonyl (C=O) groups excluding carboxylic acids is 2. The summed E-state index contributed by atoms with van der Waals surface area (Å²) < 4.78 is 66.6. The molecule has 1 N–H and O–H groups in total. The number of benzene rings is 4. The number of rotatable bonds is 28. The minimum atomic E-state index is -4.33. The van der Waals surface area contributed by atoms with Gasteiger partial charge in [0.05, 0.1) is 27.0 Å². The highest BCUT2D eigenvalue weighted by Crippen LogP contribution is 2.65. The monoisotopic (exact) mass is 1300 g/mol. The van der Waals surface area contributed by atoms with Gasteiger partial charge in [0.15, 0.2) is 19.2 Å². The minimum Gasteiger partial charge on any atom is -1.00 e. The van der Waals surface area contributed by atoms with Crippen molar-refractivity contribution in [3.8, 4) is 9.79 Å². The zero-order valence-corrected chi connectivity index (χ0v) is 57.1. The van der Waals surface area contributed by atoms with Crippen LogP contribution in [0.3, 0.4) is 0 Å². The number of carbonyl (C=O) groups is 2. The second-order valence-electron chi connectivity index (χ2n) is 26.3. The highest BCUT2D eigenvalue weighted by Gasteiger charge is 2.66. The Morgan fingerprint density at radius 3 is 1.11 bits per heavy atom. The molecule has 4 saturated carbocycles. The van der Waals surface area contributed by atoms with Gasteiger partial charge in [0.2, 0.25) is 0 Å². The van der Waals surface area contributed by atoms with Gasteiger partial charge in [-0.15, -0.1) is 0 Å². The van der Waals surface area contributed by atoms with Gasteiger partial charge in [0.1, 0.15) is 22.3 Å². The van der Waals surface area contributed by atoms with Crippen molar-refractivity contribution < 1.29 is 52.5 Å². The normalized spacial score (nSPS) is 21.2. The van der Waals surface area contributed by atoms with E-state index < -0.39 is 42.6 Å². The Hall–Kier alpha value is -3.56. The zero-order chi connectivity index (χ0) is 60.4. The van der Waals surface area contributed by atoms with E-state index in [1.165, 1.54) is 182 Å². The van der Waals surface area contributed by atoms with E-state index in [1.54, 1.807) is 0 Å². The van der Waals surface area contributed by atoms with Crippen molar-refractivity contribution in [1.29, 1.82) is 0 Å². The number of Topliss-reactive ketones (excluding diaryl/α,β-unsaturated/α-hetero) is 2. The third-order valence-corrected chi connectivity index (χ3v) is 26.0. The van der Waals surface area contributed by atoms with Crippen LogP contribution < -0.4 is 17.0 Å². The van der Waals surface area contributed by atoms with Crippen LogP contribution in [0.2, 0.25) is 0 Å². The second-order valence-corrected chi connectivity index (χ2v) is 32.8. The molecule has 8 nitrogen and oxygen atoms in total. The molecule has 2 aromatic heterocycles. The average molecular weight is 1300 g/mol. The third-order valence-electron chi connectivity index (χ3n) is 20.2. The van der Waals surface area contributed by atoms with Crippen molar-refractivity contribution in [2.45, 2.75) is 221 Å². The van der Waals surface area contributed by atoms with Gasteiger partial charge < -0.3 is 21.5 Å². The van der Waals surface area contributed by atoms with Crippen LogP contribution in [-0.2, 0) is 42.7 Å². The molecule has 13 heteroatoms. The van der Waals surface area contributed by atoms with Crippen LogP contribution in [0.5, 0.6) is 0 Å². The Bertz CT molecular complexity index is 3030. The first kappa shape index (κ1) is 70.5. The maximum absolute atomic E-state index is 11.9. The lowest BCUT2D eigenvalue weighted by atomic mass is 9.70. The van der Waals surface area contributed by atoms with E-state index in [-0.39, 0.29) is 72.2 Å². The highest BCUT2D eigenvalue weighted by molar-refractivity contribution is 7.86. The number of hydrogen-bond acceptors (Lipinski definition) is 7. The number of halogens is 1. The van der Waals surface area contributed by atoms with E-state index in [9.17, 15) is 31.0 Å². The van der Waals surface area contributed by atoms with Crippen molar-refractivity contribution in [3.63, 3.8) is 0 Å². The van der Waals surface area contributed by atoms with Gasteiger partial charge in [-0.3, -0.25) is 14.1 Å². The summed E-state index contributed by atoms with van der Waals surface area (Å²) in [5.41, 5.74) is 0.655. The summed E-state index contributed by atoms with van der Waals surface area (Å²) in [6.07, 6.45) is 34.5. The SMILES string of the molecule is CC1(C)C2CCC1(CS(=O)(=O)O)C(=O)C2.CC1(C)C2CCC1(CS(=O)(=O)[O-])C(=O)C2.CCCCCCCCCCCCc1ccc(-[s+]2ccc3ccccc32)cc1.CCCCCCCCCCCCc1ccc(-[s+]2ccc3ccccc32)cc1.[Br-]. The molecule has 0 saturated heterocycles. The zero-order valence-electron chi connectivity index (χ0n) is 52.2. The Labute approximate surface area is 528 Å². The van der Waals surface area contributed by atoms with Gasteiger partial charge in [-0.2, -0.15) is 8.42 Å². The van der Waals surface area contributed by atoms with Crippen LogP contribution in [0.25, 0.3) is 30.0 Å². The number of ketones is 2. The van der Waals surface area contributed by atoms with E-state index in [2.05, 4.69) is 134 Å². The lowest BCUT2D eigenvalue weighted by Crippen LogP contribution is -3.00. The molecule has 0 aliphatic heterocycles. The summed E-state index contributed by atoms with van der Waals surface area (Å²) in [6.45, 7) is 12.3. The van der Waals surface area contributed by atoms with Gasteiger partial charge in [-0.05, 0) is 134 Å². The summed E-state index contributed by atoms with van der Waals surface area (Å²) >= 11 is 0. The molecule has 4 fully saturated rings. The van der Waals surface area contributed by atoms with Crippen LogP contribution in [0.15, 0.2) is 120 Å². The van der Waals surface area contributed by atoms with Crippen molar-refractivity contribution in [3.05, 3.63) is 131 Å². The van der Waals surface area contributed by atoms with Crippen LogP contribution in [0, 0.1) is 33.5 Å². The molecule has 4 aliphatic rings. The maximum Gasteiger partial charge on any atom is 0.265 e. The molecule has 85 heavy (non-hydrogen) atoms. The Morgan fingerprint density at radius 2 is 0.800 bits per heavy atom. The summed E-state index contributed by atoms with van der Waals surface area (Å²) in [6, 6.07) is 40.9. The number of fused-ring (bicyclic) bond motifs is 6. The Kier molecular flexibility index (Phi) is 27.2. The highest BCUT2D eigenvalue weighted by atomic mass is 79.9. The lowest BCUT2D eigenvalue weighted by Gasteiger charge is -2.37. The second kappa shape index (κ2) is 32.8. The summed E-state index contributed by atoms with van der Waals surface area (Å²) in [4.78, 5) is 26.6. The van der Waals surface area contributed by atoms with Crippen molar-refractivity contribution in [2.75, 3.05) is 11.5 Å². The van der Waals surface area contributed by atoms with Gasteiger partial charge in [-0.1, -0.05) is 206 Å². The first-order chi connectivity index (χ1) is 40.1. The summed E-state index contributed by atoms with van der Waals surface area (Å²) in [5, 5.41) is 7.50. The molecule has 0 amide bonds. The largest absolute Gasteiger partial charge is 1.00 e. The van der Waals surface area contributed by atoms with E-state index in [0.29, 0.717) is 25.7 Å². The quantitative estimate of drug-likeness (QED) is 0.0290. The minimum absolute atomic E-state index is 0. The van der Waals surface area contributed by atoms with Crippen LogP contribution in [-0.4, -0.2) is 49.0 Å². The molecular formula is C72H101BrO8S4. The summed E-state index contributed by atoms with van der Waals surface area (Å²) in [5.74, 6) is -0.381. The van der Waals surface area contributed by atoms with E-state index in [0.717, 1.165) is 12.8 Å². The average Bonchev–Trinajstić information content (AvgIpc) is 1.67. The molecule has 6 aromatic rings. The fourth-order valence-corrected chi connectivity index (χ4v) is 20.9. The fourth-order valence-electron chi connectivity index (χ4n) is 14.5. The van der Waals surface area contributed by atoms with Crippen LogP contribution >= 0.6 is 20.9 Å². The molecule has 4 aliphatic carbocycles. The molecule has 4 aromatic carbocycles. The number of thiophene rings is 2. The topological polar surface area (TPSA) is 146 Å².